The monoisotopic (exact) mass is 466 g/mol. The van der Waals surface area contributed by atoms with Gasteiger partial charge in [-0.1, -0.05) is 11.6 Å². The standard InChI is InChI=1S/C22H32ClFN6O2/c1-13-15(8-30(2)29-13)18-5-6-25-20(26-18)28-22-10-21(11-22,12-22)27-19(31)9-32-14-3-4-16(23)17(24)7-14/h3-4,7,13,15,18,20,25-26,28-29H,5-6,8-12H2,1-2H3,(H,27,31). The van der Waals surface area contributed by atoms with Crippen LogP contribution in [0.25, 0.3) is 0 Å². The van der Waals surface area contributed by atoms with Crippen molar-refractivity contribution in [3.63, 3.8) is 0 Å². The number of rotatable bonds is 7. The van der Waals surface area contributed by atoms with Crippen LogP contribution in [0, 0.1) is 11.7 Å². The highest BCUT2D eigenvalue weighted by molar-refractivity contribution is 6.30. The lowest BCUT2D eigenvalue weighted by atomic mass is 9.44. The Morgan fingerprint density at radius 2 is 2.12 bits per heavy atom. The van der Waals surface area contributed by atoms with Crippen molar-refractivity contribution in [1.82, 2.24) is 31.7 Å². The van der Waals surface area contributed by atoms with Gasteiger partial charge in [-0.15, -0.1) is 0 Å². The number of carbonyl (C=O) groups excluding carboxylic acids is 1. The topological polar surface area (TPSA) is 89.7 Å². The van der Waals surface area contributed by atoms with Crippen LogP contribution >= 0.6 is 11.6 Å². The van der Waals surface area contributed by atoms with Crippen molar-refractivity contribution in [1.29, 1.82) is 0 Å². The second-order valence-electron chi connectivity index (χ2n) is 10.1. The number of halogens is 2. The Labute approximate surface area is 192 Å². The maximum Gasteiger partial charge on any atom is 0.258 e. The van der Waals surface area contributed by atoms with Crippen LogP contribution in [0.15, 0.2) is 18.2 Å². The molecule has 1 aromatic rings. The molecule has 32 heavy (non-hydrogen) atoms. The molecule has 3 saturated carbocycles. The Hall–Kier alpha value is -1.49. The zero-order valence-electron chi connectivity index (χ0n) is 18.5. The number of nitrogens with one attached hydrogen (secondary N) is 5. The predicted octanol–water partition coefficient (Wildman–Crippen LogP) is 0.929. The zero-order valence-corrected chi connectivity index (χ0v) is 19.3. The molecule has 5 N–H and O–H groups in total. The molecule has 5 aliphatic rings. The van der Waals surface area contributed by atoms with E-state index in [0.29, 0.717) is 23.8 Å². The minimum atomic E-state index is -0.560. The van der Waals surface area contributed by atoms with Crippen LogP contribution < -0.4 is 31.4 Å². The lowest BCUT2D eigenvalue weighted by Crippen LogP contribution is -2.86. The summed E-state index contributed by atoms with van der Waals surface area (Å²) in [5.74, 6) is 0.128. The van der Waals surface area contributed by atoms with Crippen molar-refractivity contribution < 1.29 is 13.9 Å². The van der Waals surface area contributed by atoms with Gasteiger partial charge in [-0.05, 0) is 51.3 Å². The van der Waals surface area contributed by atoms with E-state index in [0.717, 1.165) is 38.8 Å². The van der Waals surface area contributed by atoms with Gasteiger partial charge in [-0.25, -0.2) is 9.40 Å². The molecular weight excluding hydrogens is 435 g/mol. The quantitative estimate of drug-likeness (QED) is 0.408. The summed E-state index contributed by atoms with van der Waals surface area (Å²) in [5.41, 5.74) is 3.42. The zero-order chi connectivity index (χ0) is 22.5. The van der Waals surface area contributed by atoms with E-state index in [1.165, 1.54) is 12.1 Å². The first-order chi connectivity index (χ1) is 15.2. The van der Waals surface area contributed by atoms with Crippen LogP contribution in [0.4, 0.5) is 4.39 Å². The SMILES string of the molecule is CC1NN(C)CC1C1CCNC(NC23CC(NC(=O)COc4ccc(Cl)c(F)c4)(C2)C3)N1. The van der Waals surface area contributed by atoms with Gasteiger partial charge in [-0.2, -0.15) is 0 Å². The van der Waals surface area contributed by atoms with Crippen LogP contribution in [-0.4, -0.2) is 67.1 Å². The summed E-state index contributed by atoms with van der Waals surface area (Å²) < 4.78 is 18.9. The Morgan fingerprint density at radius 3 is 2.81 bits per heavy atom. The number of carbonyl (C=O) groups is 1. The fraction of sp³-hybridized carbons (Fsp3) is 0.682. The van der Waals surface area contributed by atoms with Crippen molar-refractivity contribution in [3.05, 3.63) is 29.0 Å². The van der Waals surface area contributed by atoms with Crippen LogP contribution in [0.5, 0.6) is 5.75 Å². The van der Waals surface area contributed by atoms with Crippen molar-refractivity contribution in [3.8, 4) is 5.75 Å². The van der Waals surface area contributed by atoms with Crippen LogP contribution in [0.2, 0.25) is 5.02 Å². The van der Waals surface area contributed by atoms with E-state index >= 15 is 0 Å². The van der Waals surface area contributed by atoms with Crippen LogP contribution in [0.3, 0.4) is 0 Å². The average molecular weight is 467 g/mol. The summed E-state index contributed by atoms with van der Waals surface area (Å²) in [6, 6.07) is 5.10. The van der Waals surface area contributed by atoms with Gasteiger partial charge in [0.2, 0.25) is 0 Å². The van der Waals surface area contributed by atoms with Gasteiger partial charge in [0.15, 0.2) is 6.61 Å². The molecule has 2 bridgehead atoms. The first kappa shape index (κ1) is 22.3. The molecule has 3 aliphatic carbocycles. The van der Waals surface area contributed by atoms with E-state index in [9.17, 15) is 9.18 Å². The lowest BCUT2D eigenvalue weighted by molar-refractivity contribution is -0.146. The average Bonchev–Trinajstić information content (AvgIpc) is 3.04. The van der Waals surface area contributed by atoms with Gasteiger partial charge in [-0.3, -0.25) is 26.2 Å². The van der Waals surface area contributed by atoms with Gasteiger partial charge in [0.25, 0.3) is 5.91 Å². The largest absolute Gasteiger partial charge is 0.484 e. The molecule has 2 heterocycles. The lowest BCUT2D eigenvalue weighted by Gasteiger charge is -2.71. The molecule has 2 aliphatic heterocycles. The summed E-state index contributed by atoms with van der Waals surface area (Å²) in [5, 5.41) is 16.4. The molecule has 0 aromatic heterocycles. The molecule has 0 radical (unpaired) electrons. The fourth-order valence-electron chi connectivity index (χ4n) is 6.04. The second-order valence-corrected chi connectivity index (χ2v) is 10.5. The van der Waals surface area contributed by atoms with Gasteiger partial charge in [0, 0.05) is 48.7 Å². The number of hydrogen-bond donors (Lipinski definition) is 5. The number of hydrogen-bond acceptors (Lipinski definition) is 7. The summed E-state index contributed by atoms with van der Waals surface area (Å²) >= 11 is 5.67. The highest BCUT2D eigenvalue weighted by atomic mass is 35.5. The molecule has 176 valence electrons. The van der Waals surface area contributed by atoms with E-state index in [1.807, 2.05) is 0 Å². The Kier molecular flexibility index (Phi) is 5.84. The third-order valence-electron chi connectivity index (χ3n) is 7.40. The highest BCUT2D eigenvalue weighted by Gasteiger charge is 2.69. The molecule has 8 nitrogen and oxygen atoms in total. The minimum Gasteiger partial charge on any atom is -0.484 e. The minimum absolute atomic E-state index is 0.0310. The molecule has 6 rings (SSSR count). The van der Waals surface area contributed by atoms with E-state index in [4.69, 9.17) is 16.3 Å². The van der Waals surface area contributed by atoms with Gasteiger partial charge in [0.05, 0.1) is 5.02 Å². The number of amides is 1. The molecule has 0 spiro atoms. The number of nitrogens with zero attached hydrogens (tertiary/aromatic N) is 1. The molecule has 5 fully saturated rings. The predicted molar refractivity (Wildman–Crippen MR) is 120 cm³/mol. The van der Waals surface area contributed by atoms with Gasteiger partial charge in [0.1, 0.15) is 17.9 Å². The third kappa shape index (κ3) is 4.34. The third-order valence-corrected chi connectivity index (χ3v) is 7.71. The van der Waals surface area contributed by atoms with Crippen molar-refractivity contribution in [2.45, 2.75) is 62.1 Å². The first-order valence-electron chi connectivity index (χ1n) is 11.4. The molecule has 4 unspecified atom stereocenters. The molecule has 1 aromatic carbocycles. The molecule has 4 atom stereocenters. The normalized spacial score (nSPS) is 38.6. The summed E-state index contributed by atoms with van der Waals surface area (Å²) in [4.78, 5) is 12.3. The number of benzene rings is 1. The van der Waals surface area contributed by atoms with E-state index in [1.54, 1.807) is 6.07 Å². The smallest absolute Gasteiger partial charge is 0.258 e. The summed E-state index contributed by atoms with van der Waals surface area (Å²) in [6.45, 7) is 4.15. The molecule has 2 saturated heterocycles. The van der Waals surface area contributed by atoms with Crippen molar-refractivity contribution in [2.24, 2.45) is 5.92 Å². The van der Waals surface area contributed by atoms with Gasteiger partial charge >= 0.3 is 0 Å². The molecule has 10 heteroatoms. The van der Waals surface area contributed by atoms with E-state index in [-0.39, 0.29) is 34.9 Å². The van der Waals surface area contributed by atoms with E-state index < -0.39 is 5.82 Å². The van der Waals surface area contributed by atoms with Crippen molar-refractivity contribution in [2.75, 3.05) is 26.7 Å². The Morgan fingerprint density at radius 1 is 1.34 bits per heavy atom. The number of hydrazine groups is 1. The summed E-state index contributed by atoms with van der Waals surface area (Å²) in [7, 11) is 2.10. The van der Waals surface area contributed by atoms with Crippen LogP contribution in [0.1, 0.15) is 32.6 Å². The maximum atomic E-state index is 13.5. The van der Waals surface area contributed by atoms with Gasteiger partial charge < -0.3 is 10.1 Å². The Bertz CT molecular complexity index is 868. The van der Waals surface area contributed by atoms with Crippen LogP contribution in [-0.2, 0) is 4.79 Å². The Balaban J connectivity index is 1.06. The number of ether oxygens (including phenoxy) is 1. The summed E-state index contributed by atoms with van der Waals surface area (Å²) in [6.07, 6.45) is 3.94. The van der Waals surface area contributed by atoms with E-state index in [2.05, 4.69) is 45.7 Å². The second kappa shape index (κ2) is 8.38. The highest BCUT2D eigenvalue weighted by Crippen LogP contribution is 2.60. The fourth-order valence-corrected chi connectivity index (χ4v) is 6.16. The van der Waals surface area contributed by atoms with Crippen molar-refractivity contribution >= 4 is 17.5 Å². The molecular formula is C22H32ClFN6O2. The first-order valence-corrected chi connectivity index (χ1v) is 11.8. The molecule has 1 amide bonds. The maximum absolute atomic E-state index is 13.5.